The molecule has 0 saturated carbocycles. The molecule has 0 amide bonds. The summed E-state index contributed by atoms with van der Waals surface area (Å²) in [4.78, 5) is 0. The molecular weight excluding hydrogens is 233 g/mol. The molecule has 1 aromatic rings. The first-order chi connectivity index (χ1) is 6.44. The molecule has 0 aliphatic heterocycles. The molecule has 0 atom stereocenters. The Morgan fingerprint density at radius 2 is 1.86 bits per heavy atom. The van der Waals surface area contributed by atoms with Gasteiger partial charge in [0.1, 0.15) is 0 Å². The molecule has 0 unspecified atom stereocenters. The third kappa shape index (κ3) is 3.28. The van der Waals surface area contributed by atoms with Crippen LogP contribution in [0.15, 0.2) is 18.2 Å². The summed E-state index contributed by atoms with van der Waals surface area (Å²) in [7, 11) is -1.28. The van der Waals surface area contributed by atoms with Crippen LogP contribution in [0.25, 0.3) is 0 Å². The number of nitrogens with two attached hydrogens (primary N) is 1. The van der Waals surface area contributed by atoms with Gasteiger partial charge in [-0.2, -0.15) is 0 Å². The van der Waals surface area contributed by atoms with Gasteiger partial charge in [0.15, 0.2) is 0 Å². The zero-order valence-electron chi connectivity index (χ0n) is 8.48. The zero-order chi connectivity index (χ0) is 10.8. The number of halogens is 2. The van der Waals surface area contributed by atoms with Crippen LogP contribution in [0, 0.1) is 0 Å². The lowest BCUT2D eigenvalue weighted by Crippen LogP contribution is -2.39. The van der Waals surface area contributed by atoms with Gasteiger partial charge >= 0.3 is 0 Å². The zero-order valence-corrected chi connectivity index (χ0v) is 11.0. The van der Waals surface area contributed by atoms with E-state index in [0.29, 0.717) is 10.0 Å². The molecule has 0 heterocycles. The molecule has 0 aromatic heterocycles. The van der Waals surface area contributed by atoms with Gasteiger partial charge in [-0.1, -0.05) is 42.4 Å². The minimum atomic E-state index is -1.28. The largest absolute Gasteiger partial charge is 0.333 e. The predicted octanol–water partition coefficient (Wildman–Crippen LogP) is 3.28. The minimum Gasteiger partial charge on any atom is -0.333 e. The van der Waals surface area contributed by atoms with Crippen LogP contribution in [0.4, 0.5) is 0 Å². The standard InChI is InChI=1S/C10H15Cl2NSi/c1-14(2,7-13)6-8-3-4-9(11)10(12)5-8/h3-5H,6-7,13H2,1-2H3. The molecule has 0 spiro atoms. The first-order valence-corrected chi connectivity index (χ1v) is 8.76. The van der Waals surface area contributed by atoms with E-state index in [1.54, 1.807) is 0 Å². The van der Waals surface area contributed by atoms with E-state index >= 15 is 0 Å². The molecule has 0 fully saturated rings. The Morgan fingerprint density at radius 3 is 2.36 bits per heavy atom. The van der Waals surface area contributed by atoms with Crippen molar-refractivity contribution in [2.24, 2.45) is 5.73 Å². The van der Waals surface area contributed by atoms with Gasteiger partial charge in [0, 0.05) is 0 Å². The molecule has 0 saturated heterocycles. The summed E-state index contributed by atoms with van der Waals surface area (Å²) in [5.74, 6) is 0. The SMILES string of the molecule is C[Si](C)(CN)Cc1ccc(Cl)c(Cl)c1. The van der Waals surface area contributed by atoms with Crippen molar-refractivity contribution in [1.82, 2.24) is 0 Å². The van der Waals surface area contributed by atoms with Crippen LogP contribution in [0.2, 0.25) is 23.1 Å². The molecule has 0 bridgehead atoms. The lowest BCUT2D eigenvalue weighted by molar-refractivity contribution is 1.20. The molecule has 2 N–H and O–H groups in total. The van der Waals surface area contributed by atoms with E-state index in [2.05, 4.69) is 13.1 Å². The van der Waals surface area contributed by atoms with Gasteiger partial charge in [0.2, 0.25) is 0 Å². The first-order valence-electron chi connectivity index (χ1n) is 4.58. The maximum absolute atomic E-state index is 5.94. The highest BCUT2D eigenvalue weighted by Gasteiger charge is 2.19. The Bertz CT molecular complexity index is 326. The van der Waals surface area contributed by atoms with E-state index in [9.17, 15) is 0 Å². The molecule has 0 aliphatic carbocycles. The third-order valence-corrected chi connectivity index (χ3v) is 5.43. The van der Waals surface area contributed by atoms with E-state index in [-0.39, 0.29) is 0 Å². The van der Waals surface area contributed by atoms with Crippen molar-refractivity contribution in [1.29, 1.82) is 0 Å². The van der Waals surface area contributed by atoms with Crippen LogP contribution in [-0.2, 0) is 6.04 Å². The summed E-state index contributed by atoms with van der Waals surface area (Å²) < 4.78 is 0. The van der Waals surface area contributed by atoms with Gasteiger partial charge in [-0.25, -0.2) is 0 Å². The summed E-state index contributed by atoms with van der Waals surface area (Å²) in [6, 6.07) is 6.87. The van der Waals surface area contributed by atoms with Gasteiger partial charge in [-0.15, -0.1) is 0 Å². The van der Waals surface area contributed by atoms with Crippen LogP contribution in [0.5, 0.6) is 0 Å². The van der Waals surface area contributed by atoms with Crippen LogP contribution in [0.1, 0.15) is 5.56 Å². The lowest BCUT2D eigenvalue weighted by atomic mass is 10.2. The van der Waals surface area contributed by atoms with Gasteiger partial charge in [0.25, 0.3) is 0 Å². The molecule has 4 heteroatoms. The average molecular weight is 248 g/mol. The second kappa shape index (κ2) is 4.66. The smallest absolute Gasteiger partial charge is 0.0665 e. The van der Waals surface area contributed by atoms with Crippen LogP contribution < -0.4 is 5.73 Å². The highest BCUT2D eigenvalue weighted by molar-refractivity contribution is 6.77. The fourth-order valence-electron chi connectivity index (χ4n) is 1.27. The van der Waals surface area contributed by atoms with Crippen molar-refractivity contribution in [3.8, 4) is 0 Å². The maximum atomic E-state index is 5.94. The Labute approximate surface area is 96.2 Å². The summed E-state index contributed by atoms with van der Waals surface area (Å²) in [6.45, 7) is 4.55. The lowest BCUT2D eigenvalue weighted by Gasteiger charge is -2.19. The summed E-state index contributed by atoms with van der Waals surface area (Å²) in [5.41, 5.74) is 6.96. The fourth-order valence-corrected chi connectivity index (χ4v) is 3.06. The van der Waals surface area contributed by atoms with Crippen molar-refractivity contribution < 1.29 is 0 Å². The van der Waals surface area contributed by atoms with Gasteiger partial charge < -0.3 is 5.73 Å². The van der Waals surface area contributed by atoms with E-state index in [0.717, 1.165) is 12.2 Å². The Hall–Kier alpha value is -0.0231. The Morgan fingerprint density at radius 1 is 1.21 bits per heavy atom. The average Bonchev–Trinajstić information content (AvgIpc) is 2.11. The van der Waals surface area contributed by atoms with Crippen LogP contribution >= 0.6 is 23.2 Å². The highest BCUT2D eigenvalue weighted by Crippen LogP contribution is 2.24. The van der Waals surface area contributed by atoms with Crippen molar-refractivity contribution in [3.05, 3.63) is 33.8 Å². The quantitative estimate of drug-likeness (QED) is 0.816. The predicted molar refractivity (Wildman–Crippen MR) is 66.7 cm³/mol. The molecule has 78 valence electrons. The van der Waals surface area contributed by atoms with E-state index in [1.165, 1.54) is 5.56 Å². The van der Waals surface area contributed by atoms with Crippen molar-refractivity contribution in [2.45, 2.75) is 19.1 Å². The maximum Gasteiger partial charge on any atom is 0.0665 e. The molecule has 0 radical (unpaired) electrons. The number of benzene rings is 1. The molecule has 1 nitrogen and oxygen atoms in total. The highest BCUT2D eigenvalue weighted by atomic mass is 35.5. The Kier molecular flexibility index (Phi) is 4.01. The summed E-state index contributed by atoms with van der Waals surface area (Å²) >= 11 is 11.8. The van der Waals surface area contributed by atoms with Gasteiger partial charge in [-0.05, 0) is 29.9 Å². The van der Waals surface area contributed by atoms with Crippen molar-refractivity contribution in [3.63, 3.8) is 0 Å². The monoisotopic (exact) mass is 247 g/mol. The summed E-state index contributed by atoms with van der Waals surface area (Å²) in [5, 5.41) is 1.24. The van der Waals surface area contributed by atoms with Crippen molar-refractivity contribution >= 4 is 31.3 Å². The van der Waals surface area contributed by atoms with Crippen molar-refractivity contribution in [2.75, 3.05) is 6.17 Å². The second-order valence-corrected chi connectivity index (χ2v) is 10.2. The molecule has 0 aliphatic rings. The molecular formula is C10H15Cl2NSi. The van der Waals surface area contributed by atoms with E-state index in [4.69, 9.17) is 28.9 Å². The minimum absolute atomic E-state index is 0.614. The number of hydrogen-bond acceptors (Lipinski definition) is 1. The van der Waals surface area contributed by atoms with Gasteiger partial charge in [-0.3, -0.25) is 0 Å². The first kappa shape index (κ1) is 12.0. The molecule has 14 heavy (non-hydrogen) atoms. The van der Waals surface area contributed by atoms with Crippen LogP contribution in [-0.4, -0.2) is 14.2 Å². The number of rotatable bonds is 3. The fraction of sp³-hybridized carbons (Fsp3) is 0.400. The van der Waals surface area contributed by atoms with Gasteiger partial charge in [0.05, 0.1) is 18.1 Å². The van der Waals surface area contributed by atoms with Crippen LogP contribution in [0.3, 0.4) is 0 Å². The second-order valence-electron chi connectivity index (χ2n) is 4.29. The molecule has 1 rings (SSSR count). The Balaban J connectivity index is 2.83. The van der Waals surface area contributed by atoms with E-state index in [1.807, 2.05) is 18.2 Å². The summed E-state index contributed by atoms with van der Waals surface area (Å²) in [6.07, 6.45) is 0.799. The number of hydrogen-bond donors (Lipinski definition) is 1. The topological polar surface area (TPSA) is 26.0 Å². The van der Waals surface area contributed by atoms with E-state index < -0.39 is 8.07 Å². The normalized spacial score (nSPS) is 11.8. The third-order valence-electron chi connectivity index (χ3n) is 2.22. The molecule has 1 aromatic carbocycles.